The Kier molecular flexibility index (Phi) is 9.69. The van der Waals surface area contributed by atoms with Crippen molar-refractivity contribution in [3.05, 3.63) is 139 Å². The number of benzene rings is 5. The molecule has 7 rings (SSSR count). The van der Waals surface area contributed by atoms with E-state index >= 15 is 0 Å². The summed E-state index contributed by atoms with van der Waals surface area (Å²) >= 11 is 1.79. The zero-order valence-corrected chi connectivity index (χ0v) is 28.1. The number of hydrogen-bond acceptors (Lipinski definition) is 4. The molecule has 5 aromatic carbocycles. The Labute approximate surface area is 279 Å². The van der Waals surface area contributed by atoms with E-state index in [1.165, 1.54) is 35.1 Å². The number of carbonyl (C=O) groups excluding carboxylic acids is 1. The summed E-state index contributed by atoms with van der Waals surface area (Å²) in [5, 5.41) is 13.0. The van der Waals surface area contributed by atoms with Gasteiger partial charge >= 0.3 is 0 Å². The van der Waals surface area contributed by atoms with Gasteiger partial charge in [-0.1, -0.05) is 90.0 Å². The number of thiophene rings is 1. The molecule has 0 saturated heterocycles. The van der Waals surface area contributed by atoms with Gasteiger partial charge in [0.05, 0.1) is 5.76 Å². The largest absolute Gasteiger partial charge is 0.512 e. The van der Waals surface area contributed by atoms with E-state index < -0.39 is 0 Å². The number of aliphatic hydroxyl groups is 1. The molecule has 0 spiro atoms. The second-order valence-corrected chi connectivity index (χ2v) is 11.8. The van der Waals surface area contributed by atoms with Gasteiger partial charge in [-0.05, 0) is 75.3 Å². The van der Waals surface area contributed by atoms with Crippen LogP contribution in [-0.2, 0) is 24.9 Å². The molecule has 0 amide bonds. The Morgan fingerprint density at radius 1 is 0.822 bits per heavy atom. The molecular weight excluding hydrogens is 758 g/mol. The van der Waals surface area contributed by atoms with Crippen molar-refractivity contribution in [2.75, 3.05) is 0 Å². The second-order valence-electron chi connectivity index (χ2n) is 10.7. The summed E-state index contributed by atoms with van der Waals surface area (Å²) in [6, 6.07) is 38.5. The van der Waals surface area contributed by atoms with Crippen LogP contribution in [0, 0.1) is 18.8 Å². The molecule has 1 radical (unpaired) electrons. The van der Waals surface area contributed by atoms with E-state index in [9.17, 15) is 9.18 Å². The van der Waals surface area contributed by atoms with Crippen LogP contribution in [0.5, 0.6) is 0 Å². The average Bonchev–Trinajstić information content (AvgIpc) is 3.45. The molecule has 0 fully saturated rings. The van der Waals surface area contributed by atoms with Gasteiger partial charge < -0.3 is 5.11 Å². The van der Waals surface area contributed by atoms with Crippen molar-refractivity contribution < 1.29 is 34.4 Å². The molecule has 0 aliphatic carbocycles. The molecule has 0 bridgehead atoms. The van der Waals surface area contributed by atoms with Gasteiger partial charge in [0.25, 0.3) is 0 Å². The maximum atomic E-state index is 14.7. The van der Waals surface area contributed by atoms with Gasteiger partial charge in [0, 0.05) is 43.5 Å². The van der Waals surface area contributed by atoms with Crippen molar-refractivity contribution in [2.45, 2.75) is 20.8 Å². The smallest absolute Gasteiger partial charge is 0.155 e. The normalized spacial score (nSPS) is 11.2. The number of aliphatic hydroxyl groups excluding tert-OH is 1. The topological polar surface area (TPSA) is 50.2 Å². The Balaban J connectivity index is 0.000000452. The number of halogens is 1. The van der Waals surface area contributed by atoms with Gasteiger partial charge in [0.2, 0.25) is 0 Å². The fourth-order valence-electron chi connectivity index (χ4n) is 5.48. The van der Waals surface area contributed by atoms with Crippen LogP contribution in [0.2, 0.25) is 0 Å². The van der Waals surface area contributed by atoms with E-state index in [0.29, 0.717) is 5.39 Å². The summed E-state index contributed by atoms with van der Waals surface area (Å²) in [6.07, 6.45) is 2.99. The number of nitrogens with zero attached hydrogens (tertiary/aromatic N) is 1. The molecule has 0 aliphatic rings. The quantitative estimate of drug-likeness (QED) is 0.0837. The molecule has 7 aromatic rings. The molecule has 3 nitrogen and oxygen atoms in total. The molecule has 225 valence electrons. The van der Waals surface area contributed by atoms with Crippen molar-refractivity contribution in [1.82, 2.24) is 4.98 Å². The Hall–Kier alpha value is -4.48. The van der Waals surface area contributed by atoms with Crippen LogP contribution in [0.3, 0.4) is 0 Å². The zero-order valence-electron chi connectivity index (χ0n) is 24.9. The standard InChI is InChI=1S/C34H21FNS.C5H8O2.Ir/c1-21-16-30-26-14-15-36-33(28(26)13-12-27(30)31(35)17-21)24-18-25-20-32(23-10-6-3-7-11-23)37-34(25)29(19-24)22-8-4-2-5-9-22;1-4(6)3-5(2)7;/h2-17,19-20H,1H3;3,6H,1-2H3;/q-1;;/b;4-3-;. The maximum Gasteiger partial charge on any atom is 0.155 e. The van der Waals surface area contributed by atoms with E-state index in [1.807, 2.05) is 43.5 Å². The monoisotopic (exact) mass is 787 g/mol. The van der Waals surface area contributed by atoms with Crippen LogP contribution in [-0.4, -0.2) is 15.9 Å². The van der Waals surface area contributed by atoms with Crippen molar-refractivity contribution in [2.24, 2.45) is 0 Å². The summed E-state index contributed by atoms with van der Waals surface area (Å²) in [5.41, 5.74) is 6.21. The van der Waals surface area contributed by atoms with Gasteiger partial charge in [-0.3, -0.25) is 9.78 Å². The van der Waals surface area contributed by atoms with Crippen LogP contribution >= 0.6 is 11.3 Å². The van der Waals surface area contributed by atoms with Crippen LogP contribution in [0.25, 0.3) is 64.5 Å². The van der Waals surface area contributed by atoms with Crippen LogP contribution < -0.4 is 0 Å². The first-order valence-corrected chi connectivity index (χ1v) is 15.1. The van der Waals surface area contributed by atoms with Crippen molar-refractivity contribution in [1.29, 1.82) is 0 Å². The predicted molar refractivity (Wildman–Crippen MR) is 182 cm³/mol. The molecule has 0 unspecified atom stereocenters. The molecule has 2 heterocycles. The molecule has 0 aliphatic heterocycles. The van der Waals surface area contributed by atoms with Gasteiger partial charge in [-0.2, -0.15) is 11.3 Å². The number of fused-ring (bicyclic) bond motifs is 4. The molecule has 2 aromatic heterocycles. The molecule has 45 heavy (non-hydrogen) atoms. The first kappa shape index (κ1) is 31.9. The van der Waals surface area contributed by atoms with Crippen molar-refractivity contribution >= 4 is 48.8 Å². The summed E-state index contributed by atoms with van der Waals surface area (Å²) in [5.74, 6) is -0.256. The molecular formula is C39H29FIrNO2S-. The van der Waals surface area contributed by atoms with Crippen molar-refractivity contribution in [3.8, 4) is 32.8 Å². The number of hydrogen-bond donors (Lipinski definition) is 1. The summed E-state index contributed by atoms with van der Waals surface area (Å²) in [4.78, 5) is 16.0. The van der Waals surface area contributed by atoms with Crippen molar-refractivity contribution in [3.63, 3.8) is 0 Å². The Morgan fingerprint density at radius 2 is 1.49 bits per heavy atom. The first-order chi connectivity index (χ1) is 21.3. The third-order valence-electron chi connectivity index (χ3n) is 7.32. The number of allylic oxidation sites excluding steroid dienone is 2. The fourth-order valence-corrected chi connectivity index (χ4v) is 6.63. The Morgan fingerprint density at radius 3 is 2.13 bits per heavy atom. The van der Waals surface area contributed by atoms with E-state index in [0.717, 1.165) is 49.5 Å². The average molecular weight is 787 g/mol. The van der Waals surface area contributed by atoms with Gasteiger partial charge in [0.15, 0.2) is 5.78 Å². The first-order valence-electron chi connectivity index (χ1n) is 14.2. The maximum absolute atomic E-state index is 14.7. The summed E-state index contributed by atoms with van der Waals surface area (Å²) in [7, 11) is 0. The van der Waals surface area contributed by atoms with Gasteiger partial charge in [-0.15, -0.1) is 23.6 Å². The summed E-state index contributed by atoms with van der Waals surface area (Å²) in [6.45, 7) is 4.78. The SMILES string of the molecule is CC(=O)/C=C(/C)O.Cc1cc(F)c2ccc3c(-c4[c-]c5cc(-c6ccccc6)sc5c(-c5ccccc5)c4)nccc3c2c1.[Ir]. The van der Waals surface area contributed by atoms with E-state index in [1.54, 1.807) is 17.4 Å². The number of rotatable bonds is 4. The Bertz CT molecular complexity index is 2190. The van der Waals surface area contributed by atoms with E-state index in [2.05, 4.69) is 72.8 Å². The number of carbonyl (C=O) groups is 1. The summed E-state index contributed by atoms with van der Waals surface area (Å²) < 4.78 is 15.9. The number of pyridine rings is 1. The van der Waals surface area contributed by atoms with Gasteiger partial charge in [-0.25, -0.2) is 4.39 Å². The second kappa shape index (κ2) is 13.7. The number of aryl methyl sites for hydroxylation is 1. The number of ketones is 1. The van der Waals surface area contributed by atoms with Crippen LogP contribution in [0.1, 0.15) is 19.4 Å². The minimum Gasteiger partial charge on any atom is -0.512 e. The van der Waals surface area contributed by atoms with Crippen LogP contribution in [0.4, 0.5) is 4.39 Å². The van der Waals surface area contributed by atoms with E-state index in [4.69, 9.17) is 10.1 Å². The fraction of sp³-hybridized carbons (Fsp3) is 0.0769. The predicted octanol–water partition coefficient (Wildman–Crippen LogP) is 10.9. The minimum absolute atomic E-state index is 0. The van der Waals surface area contributed by atoms with Crippen LogP contribution in [0.15, 0.2) is 121 Å². The molecule has 6 heteroatoms. The van der Waals surface area contributed by atoms with Gasteiger partial charge in [0.1, 0.15) is 5.82 Å². The van der Waals surface area contributed by atoms with E-state index in [-0.39, 0.29) is 37.5 Å². The molecule has 1 N–H and O–H groups in total. The number of aromatic nitrogens is 1. The zero-order chi connectivity index (χ0) is 30.8. The minimum atomic E-state index is -0.193. The third-order valence-corrected chi connectivity index (χ3v) is 8.53. The molecule has 0 saturated carbocycles. The third kappa shape index (κ3) is 6.79. The molecule has 0 atom stereocenters.